The Balaban J connectivity index is 1.93. The first-order chi connectivity index (χ1) is 8.15. The van der Waals surface area contributed by atoms with Crippen LogP contribution in [0.3, 0.4) is 0 Å². The Hall–Kier alpha value is -0.340. The summed E-state index contributed by atoms with van der Waals surface area (Å²) < 4.78 is 5.53. The molecule has 0 aromatic heterocycles. The lowest BCUT2D eigenvalue weighted by atomic mass is 9.78. The fraction of sp³-hybridized carbons (Fsp3) is 0.867. The minimum atomic E-state index is 0.545. The SMILES string of the molecule is CC(CC1COCCN1)=C1CC(C)CC(C)C1. The van der Waals surface area contributed by atoms with E-state index in [-0.39, 0.29) is 0 Å². The van der Waals surface area contributed by atoms with Crippen LogP contribution in [0.5, 0.6) is 0 Å². The van der Waals surface area contributed by atoms with E-state index in [0.29, 0.717) is 6.04 Å². The molecule has 3 unspecified atom stereocenters. The third-order valence-corrected chi connectivity index (χ3v) is 4.15. The number of allylic oxidation sites excluding steroid dienone is 1. The molecule has 0 aromatic rings. The van der Waals surface area contributed by atoms with Gasteiger partial charge in [0.15, 0.2) is 0 Å². The summed E-state index contributed by atoms with van der Waals surface area (Å²) in [5.41, 5.74) is 3.34. The van der Waals surface area contributed by atoms with E-state index in [0.717, 1.165) is 31.6 Å². The zero-order valence-electron chi connectivity index (χ0n) is 11.6. The van der Waals surface area contributed by atoms with E-state index in [9.17, 15) is 0 Å². The molecule has 1 N–H and O–H groups in total. The van der Waals surface area contributed by atoms with Gasteiger partial charge in [0, 0.05) is 12.6 Å². The molecule has 1 heterocycles. The maximum atomic E-state index is 5.53. The number of morpholine rings is 1. The minimum Gasteiger partial charge on any atom is -0.379 e. The van der Waals surface area contributed by atoms with E-state index in [2.05, 4.69) is 26.1 Å². The van der Waals surface area contributed by atoms with Crippen LogP contribution in [0, 0.1) is 11.8 Å². The van der Waals surface area contributed by atoms with Gasteiger partial charge in [-0.1, -0.05) is 25.0 Å². The van der Waals surface area contributed by atoms with Crippen LogP contribution in [0.25, 0.3) is 0 Å². The van der Waals surface area contributed by atoms with E-state index < -0.39 is 0 Å². The summed E-state index contributed by atoms with van der Waals surface area (Å²) in [5.74, 6) is 1.75. The van der Waals surface area contributed by atoms with E-state index >= 15 is 0 Å². The summed E-state index contributed by atoms with van der Waals surface area (Å²) in [7, 11) is 0. The van der Waals surface area contributed by atoms with Crippen LogP contribution in [-0.2, 0) is 4.74 Å². The number of nitrogens with one attached hydrogen (secondary N) is 1. The van der Waals surface area contributed by atoms with Crippen molar-refractivity contribution in [3.05, 3.63) is 11.1 Å². The molecule has 1 aliphatic carbocycles. The average Bonchev–Trinajstić information content (AvgIpc) is 2.29. The monoisotopic (exact) mass is 237 g/mol. The molecule has 1 saturated carbocycles. The summed E-state index contributed by atoms with van der Waals surface area (Å²) >= 11 is 0. The summed E-state index contributed by atoms with van der Waals surface area (Å²) in [6, 6.07) is 0.545. The molecule has 17 heavy (non-hydrogen) atoms. The Morgan fingerprint density at radius 1 is 1.29 bits per heavy atom. The van der Waals surface area contributed by atoms with Crippen molar-refractivity contribution in [1.82, 2.24) is 5.32 Å². The molecule has 2 fully saturated rings. The highest BCUT2D eigenvalue weighted by Gasteiger charge is 2.22. The van der Waals surface area contributed by atoms with Gasteiger partial charge in [-0.2, -0.15) is 0 Å². The predicted octanol–water partition coefficient (Wildman–Crippen LogP) is 3.14. The second-order valence-electron chi connectivity index (χ2n) is 6.17. The van der Waals surface area contributed by atoms with E-state index in [1.165, 1.54) is 25.7 Å². The molecule has 0 radical (unpaired) electrons. The molecule has 0 bridgehead atoms. The molecular formula is C15H27NO. The number of rotatable bonds is 2. The maximum Gasteiger partial charge on any atom is 0.0623 e. The lowest BCUT2D eigenvalue weighted by molar-refractivity contribution is 0.0768. The molecule has 3 atom stereocenters. The lowest BCUT2D eigenvalue weighted by Crippen LogP contribution is -2.41. The van der Waals surface area contributed by atoms with Crippen molar-refractivity contribution in [3.63, 3.8) is 0 Å². The molecule has 2 aliphatic rings. The maximum absolute atomic E-state index is 5.53. The first-order valence-corrected chi connectivity index (χ1v) is 7.13. The zero-order valence-corrected chi connectivity index (χ0v) is 11.6. The standard InChI is InChI=1S/C15H27NO/c1-11-6-12(2)8-14(7-11)13(3)9-15-10-17-5-4-16-15/h11-12,15-16H,4-10H2,1-3H3. The quantitative estimate of drug-likeness (QED) is 0.745. The van der Waals surface area contributed by atoms with Crippen LogP contribution in [0.4, 0.5) is 0 Å². The van der Waals surface area contributed by atoms with Crippen LogP contribution >= 0.6 is 0 Å². The van der Waals surface area contributed by atoms with Crippen LogP contribution in [0.1, 0.15) is 46.5 Å². The first kappa shape index (κ1) is 13.1. The van der Waals surface area contributed by atoms with Gasteiger partial charge in [0.25, 0.3) is 0 Å². The summed E-state index contributed by atoms with van der Waals surface area (Å²) in [4.78, 5) is 0. The molecule has 98 valence electrons. The van der Waals surface area contributed by atoms with Gasteiger partial charge in [-0.3, -0.25) is 0 Å². The number of hydrogen-bond acceptors (Lipinski definition) is 2. The third-order valence-electron chi connectivity index (χ3n) is 4.15. The predicted molar refractivity (Wildman–Crippen MR) is 72.1 cm³/mol. The number of hydrogen-bond donors (Lipinski definition) is 1. The van der Waals surface area contributed by atoms with Crippen molar-refractivity contribution in [2.75, 3.05) is 19.8 Å². The second kappa shape index (κ2) is 6.01. The summed E-state index contributed by atoms with van der Waals surface area (Å²) in [6.07, 6.45) is 5.23. The van der Waals surface area contributed by atoms with Crippen molar-refractivity contribution in [2.45, 2.75) is 52.5 Å². The van der Waals surface area contributed by atoms with Gasteiger partial charge in [-0.15, -0.1) is 0 Å². The Kier molecular flexibility index (Phi) is 4.63. The molecule has 2 nitrogen and oxygen atoms in total. The highest BCUT2D eigenvalue weighted by Crippen LogP contribution is 2.35. The molecule has 2 heteroatoms. The number of ether oxygens (including phenoxy) is 1. The van der Waals surface area contributed by atoms with Crippen molar-refractivity contribution < 1.29 is 4.74 Å². The summed E-state index contributed by atoms with van der Waals surface area (Å²) in [5, 5.41) is 3.55. The average molecular weight is 237 g/mol. The van der Waals surface area contributed by atoms with Gasteiger partial charge < -0.3 is 10.1 Å². The smallest absolute Gasteiger partial charge is 0.0623 e. The Labute approximate surface area is 106 Å². The fourth-order valence-electron chi connectivity index (χ4n) is 3.39. The molecule has 0 spiro atoms. The minimum absolute atomic E-state index is 0.545. The normalized spacial score (nSPS) is 34.8. The van der Waals surface area contributed by atoms with Gasteiger partial charge in [-0.05, 0) is 44.4 Å². The fourth-order valence-corrected chi connectivity index (χ4v) is 3.39. The van der Waals surface area contributed by atoms with E-state index in [4.69, 9.17) is 4.74 Å². The summed E-state index contributed by atoms with van der Waals surface area (Å²) in [6.45, 7) is 9.89. The topological polar surface area (TPSA) is 21.3 Å². The Bertz CT molecular complexity index is 267. The van der Waals surface area contributed by atoms with Gasteiger partial charge in [0.2, 0.25) is 0 Å². The van der Waals surface area contributed by atoms with Gasteiger partial charge >= 0.3 is 0 Å². The largest absolute Gasteiger partial charge is 0.379 e. The van der Waals surface area contributed by atoms with Crippen LogP contribution in [0.15, 0.2) is 11.1 Å². The van der Waals surface area contributed by atoms with Gasteiger partial charge in [-0.25, -0.2) is 0 Å². The van der Waals surface area contributed by atoms with Gasteiger partial charge in [0.05, 0.1) is 13.2 Å². The van der Waals surface area contributed by atoms with Crippen LogP contribution in [-0.4, -0.2) is 25.8 Å². The Morgan fingerprint density at radius 2 is 2.00 bits per heavy atom. The third kappa shape index (κ3) is 3.82. The zero-order chi connectivity index (χ0) is 12.3. The van der Waals surface area contributed by atoms with Crippen molar-refractivity contribution in [2.24, 2.45) is 11.8 Å². The molecule has 0 aromatic carbocycles. The molecule has 2 rings (SSSR count). The Morgan fingerprint density at radius 3 is 2.59 bits per heavy atom. The van der Waals surface area contributed by atoms with E-state index in [1.54, 1.807) is 11.1 Å². The van der Waals surface area contributed by atoms with Crippen molar-refractivity contribution in [1.29, 1.82) is 0 Å². The highest BCUT2D eigenvalue weighted by molar-refractivity contribution is 5.16. The van der Waals surface area contributed by atoms with Crippen LogP contribution < -0.4 is 5.32 Å². The van der Waals surface area contributed by atoms with Crippen molar-refractivity contribution in [3.8, 4) is 0 Å². The highest BCUT2D eigenvalue weighted by atomic mass is 16.5. The second-order valence-corrected chi connectivity index (χ2v) is 6.17. The van der Waals surface area contributed by atoms with E-state index in [1.807, 2.05) is 0 Å². The molecule has 1 aliphatic heterocycles. The first-order valence-electron chi connectivity index (χ1n) is 7.13. The van der Waals surface area contributed by atoms with Gasteiger partial charge in [0.1, 0.15) is 0 Å². The van der Waals surface area contributed by atoms with Crippen LogP contribution in [0.2, 0.25) is 0 Å². The molecular weight excluding hydrogens is 210 g/mol. The lowest BCUT2D eigenvalue weighted by Gasteiger charge is -2.30. The molecule has 1 saturated heterocycles. The molecule has 0 amide bonds. The van der Waals surface area contributed by atoms with Crippen molar-refractivity contribution >= 4 is 0 Å².